The van der Waals surface area contributed by atoms with Crippen LogP contribution in [0.1, 0.15) is 15.2 Å². The molecular formula is C10H8BrN3OS. The van der Waals surface area contributed by atoms with Crippen LogP contribution in [-0.4, -0.2) is 15.9 Å². The maximum absolute atomic E-state index is 11.6. The summed E-state index contributed by atoms with van der Waals surface area (Å²) in [6.07, 6.45) is 4.38. The Hall–Kier alpha value is -1.27. The molecule has 1 N–H and O–H groups in total. The molecule has 0 aliphatic carbocycles. The van der Waals surface area contributed by atoms with Gasteiger partial charge in [0.05, 0.1) is 12.1 Å². The van der Waals surface area contributed by atoms with E-state index < -0.39 is 0 Å². The summed E-state index contributed by atoms with van der Waals surface area (Å²) in [7, 11) is 0. The van der Waals surface area contributed by atoms with E-state index >= 15 is 0 Å². The summed E-state index contributed by atoms with van der Waals surface area (Å²) < 4.78 is 1.02. The smallest absolute Gasteiger partial charge is 0.254 e. The van der Waals surface area contributed by atoms with Gasteiger partial charge in [-0.25, -0.2) is 9.97 Å². The molecule has 0 bridgehead atoms. The van der Waals surface area contributed by atoms with E-state index in [1.54, 1.807) is 11.3 Å². The molecule has 0 atom stereocenters. The minimum atomic E-state index is -0.166. The van der Waals surface area contributed by atoms with Crippen LogP contribution in [0.2, 0.25) is 0 Å². The van der Waals surface area contributed by atoms with Crippen LogP contribution in [0.3, 0.4) is 0 Å². The summed E-state index contributed by atoms with van der Waals surface area (Å²) >= 11 is 5.00. The zero-order valence-corrected chi connectivity index (χ0v) is 10.6. The molecule has 82 valence electrons. The molecule has 2 aromatic rings. The highest BCUT2D eigenvalue weighted by Crippen LogP contribution is 2.22. The predicted octanol–water partition coefficient (Wildman–Crippen LogP) is 2.23. The summed E-state index contributed by atoms with van der Waals surface area (Å²) in [6.45, 7) is 0.506. The Balaban J connectivity index is 1.97. The molecule has 1 amide bonds. The van der Waals surface area contributed by atoms with Gasteiger partial charge in [0.15, 0.2) is 0 Å². The molecule has 6 heteroatoms. The highest BCUT2D eigenvalue weighted by Gasteiger charge is 2.07. The number of nitrogens with one attached hydrogen (secondary N) is 1. The van der Waals surface area contributed by atoms with Gasteiger partial charge < -0.3 is 5.32 Å². The third kappa shape index (κ3) is 2.65. The van der Waals surface area contributed by atoms with Crippen LogP contribution in [0.4, 0.5) is 0 Å². The first kappa shape index (κ1) is 11.2. The molecule has 0 aliphatic rings. The van der Waals surface area contributed by atoms with Gasteiger partial charge >= 0.3 is 0 Å². The lowest BCUT2D eigenvalue weighted by atomic mass is 10.3. The second kappa shape index (κ2) is 5.18. The number of amides is 1. The highest BCUT2D eigenvalue weighted by molar-refractivity contribution is 9.10. The molecule has 16 heavy (non-hydrogen) atoms. The zero-order valence-electron chi connectivity index (χ0n) is 8.18. The molecule has 0 saturated carbocycles. The van der Waals surface area contributed by atoms with Gasteiger partial charge in [-0.3, -0.25) is 4.79 Å². The fraction of sp³-hybridized carbons (Fsp3) is 0.100. The molecule has 0 unspecified atom stereocenters. The summed E-state index contributed by atoms with van der Waals surface area (Å²) in [5.74, 6) is -0.166. The van der Waals surface area contributed by atoms with Crippen molar-refractivity contribution in [3.63, 3.8) is 0 Å². The van der Waals surface area contributed by atoms with Crippen molar-refractivity contribution in [2.24, 2.45) is 0 Å². The van der Waals surface area contributed by atoms with E-state index in [4.69, 9.17) is 0 Å². The average Bonchev–Trinajstić information content (AvgIpc) is 2.73. The number of hydrogen-bond acceptors (Lipinski definition) is 4. The number of hydrogen-bond donors (Lipinski definition) is 1. The van der Waals surface area contributed by atoms with Crippen molar-refractivity contribution in [3.05, 3.63) is 45.1 Å². The average molecular weight is 298 g/mol. The third-order valence-corrected chi connectivity index (χ3v) is 3.85. The van der Waals surface area contributed by atoms with Gasteiger partial charge in [-0.1, -0.05) is 0 Å². The van der Waals surface area contributed by atoms with Gasteiger partial charge in [-0.05, 0) is 27.4 Å². The Morgan fingerprint density at radius 1 is 1.44 bits per heavy atom. The molecule has 4 nitrogen and oxygen atoms in total. The normalized spacial score (nSPS) is 10.1. The summed E-state index contributed by atoms with van der Waals surface area (Å²) in [4.78, 5) is 20.3. The summed E-state index contributed by atoms with van der Waals surface area (Å²) in [6, 6.07) is 1.96. The van der Waals surface area contributed by atoms with Crippen LogP contribution in [-0.2, 0) is 6.54 Å². The van der Waals surface area contributed by atoms with Crippen molar-refractivity contribution in [1.29, 1.82) is 0 Å². The molecule has 2 heterocycles. The van der Waals surface area contributed by atoms with Gasteiger partial charge in [0.25, 0.3) is 5.91 Å². The predicted molar refractivity (Wildman–Crippen MR) is 65.2 cm³/mol. The fourth-order valence-electron chi connectivity index (χ4n) is 1.13. The van der Waals surface area contributed by atoms with Crippen LogP contribution >= 0.6 is 27.3 Å². The maximum atomic E-state index is 11.6. The van der Waals surface area contributed by atoms with E-state index in [1.807, 2.05) is 11.4 Å². The van der Waals surface area contributed by atoms with E-state index in [1.165, 1.54) is 18.7 Å². The van der Waals surface area contributed by atoms with Gasteiger partial charge in [0.1, 0.15) is 6.33 Å². The molecule has 0 aliphatic heterocycles. The SMILES string of the molecule is O=C(NCc1sccc1Br)c1cncnc1. The van der Waals surface area contributed by atoms with Crippen molar-refractivity contribution >= 4 is 33.2 Å². The summed E-state index contributed by atoms with van der Waals surface area (Å²) in [5, 5.41) is 4.77. The molecule has 0 spiro atoms. The minimum Gasteiger partial charge on any atom is -0.347 e. The van der Waals surface area contributed by atoms with Crippen LogP contribution < -0.4 is 5.32 Å². The Morgan fingerprint density at radius 3 is 2.81 bits per heavy atom. The first-order valence-corrected chi connectivity index (χ1v) is 6.19. The summed E-state index contributed by atoms with van der Waals surface area (Å²) in [5.41, 5.74) is 0.468. The lowest BCUT2D eigenvalue weighted by Gasteiger charge is -2.03. The number of aromatic nitrogens is 2. The molecular weight excluding hydrogens is 290 g/mol. The fourth-order valence-corrected chi connectivity index (χ4v) is 2.56. The third-order valence-electron chi connectivity index (χ3n) is 1.92. The molecule has 0 radical (unpaired) electrons. The van der Waals surface area contributed by atoms with Crippen LogP contribution in [0.15, 0.2) is 34.6 Å². The lowest BCUT2D eigenvalue weighted by molar-refractivity contribution is 0.0950. The monoisotopic (exact) mass is 297 g/mol. The number of carbonyl (C=O) groups excluding carboxylic acids is 1. The topological polar surface area (TPSA) is 54.9 Å². The number of rotatable bonds is 3. The van der Waals surface area contributed by atoms with E-state index in [0.717, 1.165) is 9.35 Å². The van der Waals surface area contributed by atoms with Crippen LogP contribution in [0, 0.1) is 0 Å². The van der Waals surface area contributed by atoms with Gasteiger partial charge in [0, 0.05) is 21.7 Å². The van der Waals surface area contributed by atoms with Gasteiger partial charge in [-0.2, -0.15) is 0 Å². The molecule has 0 aromatic carbocycles. The van der Waals surface area contributed by atoms with Gasteiger partial charge in [-0.15, -0.1) is 11.3 Å². The molecule has 2 rings (SSSR count). The lowest BCUT2D eigenvalue weighted by Crippen LogP contribution is -2.22. The Kier molecular flexibility index (Phi) is 3.63. The van der Waals surface area contributed by atoms with E-state index in [2.05, 4.69) is 31.2 Å². The molecule has 0 fully saturated rings. The van der Waals surface area contributed by atoms with Crippen molar-refractivity contribution in [2.75, 3.05) is 0 Å². The highest BCUT2D eigenvalue weighted by atomic mass is 79.9. The van der Waals surface area contributed by atoms with Crippen molar-refractivity contribution in [3.8, 4) is 0 Å². The number of carbonyl (C=O) groups is 1. The van der Waals surface area contributed by atoms with E-state index in [9.17, 15) is 4.79 Å². The largest absolute Gasteiger partial charge is 0.347 e. The van der Waals surface area contributed by atoms with Crippen LogP contribution in [0.25, 0.3) is 0 Å². The molecule has 2 aromatic heterocycles. The Morgan fingerprint density at radius 2 is 2.19 bits per heavy atom. The molecule has 0 saturated heterocycles. The van der Waals surface area contributed by atoms with E-state index in [-0.39, 0.29) is 5.91 Å². The van der Waals surface area contributed by atoms with Crippen molar-refractivity contribution in [2.45, 2.75) is 6.54 Å². The first-order valence-electron chi connectivity index (χ1n) is 4.52. The zero-order chi connectivity index (χ0) is 11.4. The van der Waals surface area contributed by atoms with Crippen molar-refractivity contribution in [1.82, 2.24) is 15.3 Å². The van der Waals surface area contributed by atoms with Crippen molar-refractivity contribution < 1.29 is 4.79 Å². The Labute approximate surface area is 105 Å². The second-order valence-electron chi connectivity index (χ2n) is 3.00. The quantitative estimate of drug-likeness (QED) is 0.945. The van der Waals surface area contributed by atoms with E-state index in [0.29, 0.717) is 12.1 Å². The van der Waals surface area contributed by atoms with Crippen LogP contribution in [0.5, 0.6) is 0 Å². The van der Waals surface area contributed by atoms with Gasteiger partial charge in [0.2, 0.25) is 0 Å². The minimum absolute atomic E-state index is 0.166. The number of thiophene rings is 1. The number of nitrogens with zero attached hydrogens (tertiary/aromatic N) is 2. The maximum Gasteiger partial charge on any atom is 0.254 e. The Bertz CT molecular complexity index is 486. The number of halogens is 1. The standard InChI is InChI=1S/C10H8BrN3OS/c11-8-1-2-16-9(8)5-14-10(15)7-3-12-6-13-4-7/h1-4,6H,5H2,(H,14,15). The first-order chi connectivity index (χ1) is 7.77. The second-order valence-corrected chi connectivity index (χ2v) is 4.86.